The van der Waals surface area contributed by atoms with Gasteiger partial charge in [0, 0.05) is 18.8 Å². The Morgan fingerprint density at radius 1 is 1.00 bits per heavy atom. The molecule has 0 unspecified atom stereocenters. The van der Waals surface area contributed by atoms with Crippen LogP contribution in [-0.4, -0.2) is 32.7 Å². The second kappa shape index (κ2) is 9.28. The number of benzene rings is 1. The normalized spacial score (nSPS) is 12.0. The molecule has 6 heteroatoms. The van der Waals surface area contributed by atoms with Crippen molar-refractivity contribution in [2.45, 2.75) is 33.4 Å². The van der Waals surface area contributed by atoms with Gasteiger partial charge in [0.25, 0.3) is 0 Å². The van der Waals surface area contributed by atoms with Crippen molar-refractivity contribution in [1.82, 2.24) is 15.0 Å². The smallest absolute Gasteiger partial charge is 0.225 e. The number of nitrogens with one attached hydrogen (secondary N) is 2. The minimum Gasteiger partial charge on any atom is -0.394 e. The van der Waals surface area contributed by atoms with Gasteiger partial charge in [0.1, 0.15) is 5.82 Å². The zero-order valence-corrected chi connectivity index (χ0v) is 16.6. The van der Waals surface area contributed by atoms with E-state index in [-0.39, 0.29) is 18.6 Å². The molecule has 3 aromatic rings. The van der Waals surface area contributed by atoms with Crippen LogP contribution in [0.2, 0.25) is 0 Å². The lowest BCUT2D eigenvalue weighted by Crippen LogP contribution is -2.30. The molecule has 2 aromatic heterocycles. The number of aliphatic hydroxyl groups is 1. The highest BCUT2D eigenvalue weighted by Gasteiger charge is 2.15. The largest absolute Gasteiger partial charge is 0.394 e. The molecular weight excluding hydrogens is 350 g/mol. The van der Waals surface area contributed by atoms with Gasteiger partial charge in [0.05, 0.1) is 24.0 Å². The van der Waals surface area contributed by atoms with Gasteiger partial charge >= 0.3 is 0 Å². The second-order valence-electron chi connectivity index (χ2n) is 7.13. The van der Waals surface area contributed by atoms with Crippen molar-refractivity contribution in [3.05, 3.63) is 65.9 Å². The Morgan fingerprint density at radius 3 is 2.46 bits per heavy atom. The molecule has 3 rings (SSSR count). The summed E-state index contributed by atoms with van der Waals surface area (Å²) in [6, 6.07) is 15.8. The molecule has 0 saturated heterocycles. The summed E-state index contributed by atoms with van der Waals surface area (Å²) in [6.07, 6.45) is 1.75. The number of pyridine rings is 1. The van der Waals surface area contributed by atoms with Crippen LogP contribution in [-0.2, 0) is 6.54 Å². The molecule has 6 nitrogen and oxygen atoms in total. The van der Waals surface area contributed by atoms with Crippen molar-refractivity contribution >= 4 is 11.8 Å². The van der Waals surface area contributed by atoms with Crippen LogP contribution in [0.25, 0.3) is 11.4 Å². The molecule has 1 aromatic carbocycles. The third-order valence-electron chi connectivity index (χ3n) is 4.69. The average Bonchev–Trinajstić information content (AvgIpc) is 2.71. The van der Waals surface area contributed by atoms with Crippen LogP contribution in [0.1, 0.15) is 25.0 Å². The average molecular weight is 377 g/mol. The maximum absolute atomic E-state index is 9.65. The van der Waals surface area contributed by atoms with Gasteiger partial charge in [-0.15, -0.1) is 0 Å². The Labute approximate surface area is 166 Å². The fourth-order valence-corrected chi connectivity index (χ4v) is 2.83. The molecule has 0 aliphatic carbocycles. The van der Waals surface area contributed by atoms with E-state index in [0.29, 0.717) is 18.3 Å². The lowest BCUT2D eigenvalue weighted by molar-refractivity contribution is 0.248. The van der Waals surface area contributed by atoms with Gasteiger partial charge in [-0.3, -0.25) is 4.98 Å². The molecule has 0 aliphatic heterocycles. The predicted molar refractivity (Wildman–Crippen MR) is 113 cm³/mol. The van der Waals surface area contributed by atoms with Gasteiger partial charge in [-0.1, -0.05) is 44.2 Å². The van der Waals surface area contributed by atoms with Crippen LogP contribution < -0.4 is 10.6 Å². The molecule has 0 spiro atoms. The van der Waals surface area contributed by atoms with Crippen molar-refractivity contribution in [2.24, 2.45) is 5.92 Å². The van der Waals surface area contributed by atoms with Gasteiger partial charge in [0.15, 0.2) is 0 Å². The molecule has 2 heterocycles. The fraction of sp³-hybridized carbons (Fsp3) is 0.318. The highest BCUT2D eigenvalue weighted by Crippen LogP contribution is 2.21. The Bertz CT molecular complexity index is 898. The van der Waals surface area contributed by atoms with E-state index in [9.17, 15) is 5.11 Å². The van der Waals surface area contributed by atoms with E-state index in [1.807, 2.05) is 50.2 Å². The maximum Gasteiger partial charge on any atom is 0.225 e. The first-order chi connectivity index (χ1) is 13.6. The zero-order chi connectivity index (χ0) is 19.9. The van der Waals surface area contributed by atoms with E-state index in [1.54, 1.807) is 6.20 Å². The number of rotatable bonds is 8. The topological polar surface area (TPSA) is 83.0 Å². The minimum atomic E-state index is -0.122. The second-order valence-corrected chi connectivity index (χ2v) is 7.13. The molecule has 146 valence electrons. The summed E-state index contributed by atoms with van der Waals surface area (Å²) in [5, 5.41) is 16.3. The fourth-order valence-electron chi connectivity index (χ4n) is 2.83. The minimum absolute atomic E-state index is 0.0147. The van der Waals surface area contributed by atoms with Gasteiger partial charge in [-0.05, 0) is 36.1 Å². The molecular formula is C22H27N5O. The molecule has 1 atom stereocenters. The van der Waals surface area contributed by atoms with Crippen LogP contribution >= 0.6 is 0 Å². The Hall–Kier alpha value is -2.99. The van der Waals surface area contributed by atoms with Crippen LogP contribution in [0.15, 0.2) is 54.7 Å². The van der Waals surface area contributed by atoms with E-state index in [2.05, 4.69) is 44.6 Å². The van der Waals surface area contributed by atoms with Crippen molar-refractivity contribution in [2.75, 3.05) is 17.2 Å². The molecule has 0 amide bonds. The van der Waals surface area contributed by atoms with Gasteiger partial charge < -0.3 is 15.7 Å². The number of nitrogens with zero attached hydrogens (tertiary/aromatic N) is 3. The summed E-state index contributed by atoms with van der Waals surface area (Å²) in [5.41, 5.74) is 3.95. The highest BCUT2D eigenvalue weighted by molar-refractivity contribution is 5.61. The van der Waals surface area contributed by atoms with Crippen molar-refractivity contribution in [3.8, 4) is 11.4 Å². The summed E-state index contributed by atoms with van der Waals surface area (Å²) in [6.45, 7) is 6.87. The summed E-state index contributed by atoms with van der Waals surface area (Å²) < 4.78 is 0. The molecule has 28 heavy (non-hydrogen) atoms. The standard InChI is InChI=1S/C22H27N5O/c1-15(2)20(14-28)26-22-25-19(18-10-6-7-11-23-18)12-21(27-22)24-13-17-9-5-4-8-16(17)3/h4-12,15,20,28H,13-14H2,1-3H3,(H2,24,25,26,27)/t20-/m0/s1. The van der Waals surface area contributed by atoms with Gasteiger partial charge in [-0.2, -0.15) is 4.98 Å². The van der Waals surface area contributed by atoms with Crippen molar-refractivity contribution < 1.29 is 5.11 Å². The number of aliphatic hydroxyl groups excluding tert-OH is 1. The van der Waals surface area contributed by atoms with E-state index < -0.39 is 0 Å². The number of aromatic nitrogens is 3. The maximum atomic E-state index is 9.65. The Kier molecular flexibility index (Phi) is 6.55. The highest BCUT2D eigenvalue weighted by atomic mass is 16.3. The lowest BCUT2D eigenvalue weighted by Gasteiger charge is -2.20. The number of aryl methyl sites for hydroxylation is 1. The van der Waals surface area contributed by atoms with Crippen LogP contribution in [0.5, 0.6) is 0 Å². The van der Waals surface area contributed by atoms with Crippen molar-refractivity contribution in [1.29, 1.82) is 0 Å². The summed E-state index contributed by atoms with van der Waals surface area (Å²) >= 11 is 0. The van der Waals surface area contributed by atoms with E-state index in [1.165, 1.54) is 11.1 Å². The molecule has 0 radical (unpaired) electrons. The van der Waals surface area contributed by atoms with E-state index in [0.717, 1.165) is 11.4 Å². The zero-order valence-electron chi connectivity index (χ0n) is 16.6. The predicted octanol–water partition coefficient (Wildman–Crippen LogP) is 3.89. The van der Waals surface area contributed by atoms with Gasteiger partial charge in [-0.25, -0.2) is 4.98 Å². The first-order valence-electron chi connectivity index (χ1n) is 9.53. The summed E-state index contributed by atoms with van der Waals surface area (Å²) in [5.74, 6) is 1.43. The number of anilines is 2. The van der Waals surface area contributed by atoms with Crippen LogP contribution in [0.3, 0.4) is 0 Å². The van der Waals surface area contributed by atoms with Crippen LogP contribution in [0, 0.1) is 12.8 Å². The number of hydrogen-bond donors (Lipinski definition) is 3. The quantitative estimate of drug-likeness (QED) is 0.552. The SMILES string of the molecule is Cc1ccccc1CNc1cc(-c2ccccn2)nc(N[C@@H](CO)C(C)C)n1. The summed E-state index contributed by atoms with van der Waals surface area (Å²) in [7, 11) is 0. The molecule has 0 fully saturated rings. The van der Waals surface area contributed by atoms with Gasteiger partial charge in [0.2, 0.25) is 5.95 Å². The van der Waals surface area contributed by atoms with E-state index in [4.69, 9.17) is 0 Å². The third kappa shape index (κ3) is 5.04. The molecule has 3 N–H and O–H groups in total. The Morgan fingerprint density at radius 2 is 1.79 bits per heavy atom. The molecule has 0 saturated carbocycles. The van der Waals surface area contributed by atoms with E-state index >= 15 is 0 Å². The summed E-state index contributed by atoms with van der Waals surface area (Å²) in [4.78, 5) is 13.6. The monoisotopic (exact) mass is 377 g/mol. The number of hydrogen-bond acceptors (Lipinski definition) is 6. The first kappa shape index (κ1) is 19.8. The lowest BCUT2D eigenvalue weighted by atomic mass is 10.1. The third-order valence-corrected chi connectivity index (χ3v) is 4.69. The van der Waals surface area contributed by atoms with Crippen LogP contribution in [0.4, 0.5) is 11.8 Å². The first-order valence-corrected chi connectivity index (χ1v) is 9.53. The molecule has 0 aliphatic rings. The Balaban J connectivity index is 1.89. The van der Waals surface area contributed by atoms with Crippen molar-refractivity contribution in [3.63, 3.8) is 0 Å². The molecule has 0 bridgehead atoms.